The van der Waals surface area contributed by atoms with Crippen LogP contribution < -0.4 is 9.47 Å². The maximum absolute atomic E-state index is 14.0. The number of amides is 1. The summed E-state index contributed by atoms with van der Waals surface area (Å²) in [5.41, 5.74) is 0.316. The largest absolute Gasteiger partial charge is 0.493 e. The van der Waals surface area contributed by atoms with Crippen molar-refractivity contribution in [2.24, 2.45) is 0 Å². The quantitative estimate of drug-likeness (QED) is 0.619. The highest BCUT2D eigenvalue weighted by Gasteiger charge is 2.32. The molecule has 1 amide bonds. The van der Waals surface area contributed by atoms with Gasteiger partial charge < -0.3 is 14.4 Å². The van der Waals surface area contributed by atoms with Crippen LogP contribution in [-0.2, 0) is 10.0 Å². The van der Waals surface area contributed by atoms with Gasteiger partial charge in [-0.15, -0.1) is 0 Å². The van der Waals surface area contributed by atoms with Gasteiger partial charge in [0.1, 0.15) is 10.7 Å². The van der Waals surface area contributed by atoms with Crippen molar-refractivity contribution in [2.75, 3.05) is 39.9 Å². The number of rotatable bonds is 7. The molecule has 1 fully saturated rings. The molecule has 10 heteroatoms. The summed E-state index contributed by atoms with van der Waals surface area (Å²) in [7, 11) is -2.51. The number of ether oxygens (including phenoxy) is 2. The number of carbonyl (C=O) groups is 1. The van der Waals surface area contributed by atoms with Crippen molar-refractivity contribution in [1.82, 2.24) is 9.21 Å². The topological polar surface area (TPSA) is 76.2 Å². The fourth-order valence-electron chi connectivity index (χ4n) is 3.29. The molecule has 0 atom stereocenters. The highest BCUT2D eigenvalue weighted by atomic mass is 35.5. The molecule has 0 aliphatic carbocycles. The van der Waals surface area contributed by atoms with E-state index in [2.05, 4.69) is 0 Å². The van der Waals surface area contributed by atoms with Crippen LogP contribution in [0.3, 0.4) is 0 Å². The molecule has 0 N–H and O–H groups in total. The monoisotopic (exact) mass is 470 g/mol. The number of carbonyl (C=O) groups excluding carboxylic acids is 1. The van der Waals surface area contributed by atoms with Gasteiger partial charge in [0.05, 0.1) is 18.7 Å². The summed E-state index contributed by atoms with van der Waals surface area (Å²) >= 11 is 6.30. The Morgan fingerprint density at radius 3 is 2.45 bits per heavy atom. The lowest BCUT2D eigenvalue weighted by molar-refractivity contribution is 0.0697. The molecule has 0 saturated carbocycles. The van der Waals surface area contributed by atoms with E-state index < -0.39 is 15.8 Å². The molecule has 1 saturated heterocycles. The molecule has 2 aromatic carbocycles. The maximum atomic E-state index is 14.0. The van der Waals surface area contributed by atoms with E-state index in [1.54, 1.807) is 6.07 Å². The number of hydrogen-bond acceptors (Lipinski definition) is 5. The number of hydrogen-bond donors (Lipinski definition) is 0. The molecule has 31 heavy (non-hydrogen) atoms. The normalized spacial score (nSPS) is 15.0. The molecule has 0 bridgehead atoms. The fraction of sp³-hybridized carbons (Fsp3) is 0.381. The molecule has 168 valence electrons. The minimum absolute atomic E-state index is 0.0605. The number of sulfonamides is 1. The molecule has 0 radical (unpaired) electrons. The van der Waals surface area contributed by atoms with Gasteiger partial charge in [-0.05, 0) is 30.7 Å². The van der Waals surface area contributed by atoms with E-state index in [0.717, 1.165) is 12.5 Å². The first-order chi connectivity index (χ1) is 14.8. The summed E-state index contributed by atoms with van der Waals surface area (Å²) in [6.45, 7) is 2.88. The van der Waals surface area contributed by atoms with Crippen molar-refractivity contribution in [1.29, 1.82) is 0 Å². The predicted molar refractivity (Wildman–Crippen MR) is 115 cm³/mol. The lowest BCUT2D eigenvalue weighted by Crippen LogP contribution is -2.50. The number of nitrogens with zero attached hydrogens (tertiary/aromatic N) is 2. The third-order valence-corrected chi connectivity index (χ3v) is 7.12. The molecule has 0 spiro atoms. The lowest BCUT2D eigenvalue weighted by atomic mass is 10.1. The molecule has 3 rings (SSSR count). The minimum atomic E-state index is -3.98. The van der Waals surface area contributed by atoms with Crippen LogP contribution in [0.1, 0.15) is 23.7 Å². The molecule has 0 unspecified atom stereocenters. The van der Waals surface area contributed by atoms with E-state index in [0.29, 0.717) is 23.7 Å². The van der Waals surface area contributed by atoms with Crippen LogP contribution in [0.25, 0.3) is 0 Å². The van der Waals surface area contributed by atoms with Crippen LogP contribution >= 0.6 is 11.6 Å². The van der Waals surface area contributed by atoms with Gasteiger partial charge in [-0.25, -0.2) is 12.8 Å². The predicted octanol–water partition coefficient (Wildman–Crippen LogP) is 3.42. The van der Waals surface area contributed by atoms with Gasteiger partial charge in [0.15, 0.2) is 11.5 Å². The zero-order valence-electron chi connectivity index (χ0n) is 17.3. The molecule has 0 aromatic heterocycles. The smallest absolute Gasteiger partial charge is 0.254 e. The summed E-state index contributed by atoms with van der Waals surface area (Å²) in [4.78, 5) is 14.1. The second-order valence-corrected chi connectivity index (χ2v) is 9.28. The lowest BCUT2D eigenvalue weighted by Gasteiger charge is -2.34. The Morgan fingerprint density at radius 1 is 1.16 bits per heavy atom. The van der Waals surface area contributed by atoms with Gasteiger partial charge >= 0.3 is 0 Å². The highest BCUT2D eigenvalue weighted by Crippen LogP contribution is 2.37. The summed E-state index contributed by atoms with van der Waals surface area (Å²) < 4.78 is 51.6. The Kier molecular flexibility index (Phi) is 7.40. The molecule has 7 nitrogen and oxygen atoms in total. The maximum Gasteiger partial charge on any atom is 0.254 e. The van der Waals surface area contributed by atoms with Gasteiger partial charge in [0.25, 0.3) is 5.91 Å². The first-order valence-corrected chi connectivity index (χ1v) is 11.7. The second-order valence-electron chi connectivity index (χ2n) is 6.96. The Morgan fingerprint density at radius 2 is 1.84 bits per heavy atom. The first kappa shape index (κ1) is 23.3. The van der Waals surface area contributed by atoms with Gasteiger partial charge in [0.2, 0.25) is 10.0 Å². The van der Waals surface area contributed by atoms with Crippen LogP contribution in [0.15, 0.2) is 41.3 Å². The van der Waals surface area contributed by atoms with Gasteiger partial charge in [-0.2, -0.15) is 4.31 Å². The van der Waals surface area contributed by atoms with E-state index in [4.69, 9.17) is 21.1 Å². The third-order valence-electron chi connectivity index (χ3n) is 4.91. The summed E-state index contributed by atoms with van der Waals surface area (Å²) in [5, 5.41) is 0.261. The van der Waals surface area contributed by atoms with Crippen LogP contribution in [-0.4, -0.2) is 63.4 Å². The summed E-state index contributed by atoms with van der Waals surface area (Å²) in [5.74, 6) is -0.369. The number of piperazine rings is 1. The van der Waals surface area contributed by atoms with Crippen molar-refractivity contribution in [3.05, 3.63) is 52.8 Å². The molecular weight excluding hydrogens is 447 g/mol. The number of benzene rings is 2. The number of halogens is 2. The third kappa shape index (κ3) is 4.94. The Bertz CT molecular complexity index is 1060. The summed E-state index contributed by atoms with van der Waals surface area (Å²) in [6.07, 6.45) is 0.792. The van der Waals surface area contributed by atoms with Crippen molar-refractivity contribution in [2.45, 2.75) is 18.2 Å². The van der Waals surface area contributed by atoms with Crippen LogP contribution in [0, 0.1) is 5.82 Å². The number of methoxy groups -OCH3 is 1. The molecule has 1 aliphatic rings. The van der Waals surface area contributed by atoms with Crippen molar-refractivity contribution in [3.63, 3.8) is 0 Å². The van der Waals surface area contributed by atoms with Gasteiger partial charge in [-0.3, -0.25) is 4.79 Å². The van der Waals surface area contributed by atoms with Gasteiger partial charge in [-0.1, -0.05) is 30.7 Å². The van der Waals surface area contributed by atoms with E-state index in [1.807, 2.05) is 6.92 Å². The summed E-state index contributed by atoms with van der Waals surface area (Å²) in [6, 6.07) is 8.32. The first-order valence-electron chi connectivity index (χ1n) is 9.83. The average Bonchev–Trinajstić information content (AvgIpc) is 2.77. The van der Waals surface area contributed by atoms with Crippen LogP contribution in [0.5, 0.6) is 11.5 Å². The minimum Gasteiger partial charge on any atom is -0.493 e. The fourth-order valence-corrected chi connectivity index (χ4v) is 5.05. The molecular formula is C21H24ClFN2O5S. The average molecular weight is 471 g/mol. The van der Waals surface area contributed by atoms with Crippen molar-refractivity contribution < 1.29 is 27.1 Å². The van der Waals surface area contributed by atoms with Crippen LogP contribution in [0.4, 0.5) is 4.39 Å². The van der Waals surface area contributed by atoms with E-state index in [9.17, 15) is 17.6 Å². The van der Waals surface area contributed by atoms with Crippen molar-refractivity contribution in [3.8, 4) is 11.5 Å². The zero-order valence-corrected chi connectivity index (χ0v) is 18.9. The molecule has 2 aromatic rings. The Balaban J connectivity index is 1.73. The standard InChI is InChI=1S/C21H24ClFN2O5S/c1-3-12-30-20-16(22)13-15(14-18(20)29-2)21(26)24-8-10-25(11-9-24)31(27,28)19-7-5-4-6-17(19)23/h4-7,13-14H,3,8-12H2,1-2H3. The van der Waals surface area contributed by atoms with E-state index in [1.165, 1.54) is 40.6 Å². The molecule has 1 aliphatic heterocycles. The van der Waals surface area contributed by atoms with E-state index >= 15 is 0 Å². The molecule has 1 heterocycles. The van der Waals surface area contributed by atoms with E-state index in [-0.39, 0.29) is 42.0 Å². The van der Waals surface area contributed by atoms with Gasteiger partial charge in [0, 0.05) is 31.7 Å². The van der Waals surface area contributed by atoms with Crippen LogP contribution in [0.2, 0.25) is 5.02 Å². The second kappa shape index (κ2) is 9.84. The SMILES string of the molecule is CCCOc1c(Cl)cc(C(=O)N2CCN(S(=O)(=O)c3ccccc3F)CC2)cc1OC. The zero-order chi connectivity index (χ0) is 22.6. The Labute approximate surface area is 186 Å². The highest BCUT2D eigenvalue weighted by molar-refractivity contribution is 7.89. The van der Waals surface area contributed by atoms with Crippen molar-refractivity contribution >= 4 is 27.5 Å². The Hall–Kier alpha value is -2.36.